The Labute approximate surface area is 213 Å². The van der Waals surface area contributed by atoms with Crippen LogP contribution >= 0.6 is 0 Å². The van der Waals surface area contributed by atoms with E-state index in [2.05, 4.69) is 0 Å². The van der Waals surface area contributed by atoms with E-state index in [1.807, 2.05) is 13.8 Å². The average molecular weight is 505 g/mol. The van der Waals surface area contributed by atoms with Gasteiger partial charge in [0, 0.05) is 30.4 Å². The first-order chi connectivity index (χ1) is 17.1. The van der Waals surface area contributed by atoms with Gasteiger partial charge in [0.05, 0.1) is 26.1 Å². The molecule has 0 aromatic heterocycles. The van der Waals surface area contributed by atoms with Crippen molar-refractivity contribution in [2.24, 2.45) is 23.7 Å². The van der Waals surface area contributed by atoms with Gasteiger partial charge in [0.2, 0.25) is 0 Å². The number of hydrogen-bond donors (Lipinski definition) is 0. The van der Waals surface area contributed by atoms with Gasteiger partial charge in [-0.05, 0) is 57.8 Å². The molecule has 8 nitrogen and oxygen atoms in total. The Balaban J connectivity index is 1.53. The van der Waals surface area contributed by atoms with Crippen LogP contribution in [0.1, 0.15) is 79.1 Å². The summed E-state index contributed by atoms with van der Waals surface area (Å²) >= 11 is 0. The number of hydrogen-bond acceptors (Lipinski definition) is 8. The minimum atomic E-state index is -0.601. The molecule has 0 heterocycles. The molecule has 200 valence electrons. The molecule has 0 radical (unpaired) electrons. The molecule has 4 saturated carbocycles. The van der Waals surface area contributed by atoms with Crippen LogP contribution in [0.4, 0.5) is 0 Å². The number of allylic oxidation sites excluding steroid dienone is 2. The van der Waals surface area contributed by atoms with Gasteiger partial charge in [-0.25, -0.2) is 9.59 Å². The monoisotopic (exact) mass is 504 g/mol. The number of ether oxygens (including phenoxy) is 4. The molecular weight excluding hydrogens is 464 g/mol. The maximum atomic E-state index is 12.8. The van der Waals surface area contributed by atoms with Gasteiger partial charge in [-0.15, -0.1) is 0 Å². The molecule has 8 heteroatoms. The Morgan fingerprint density at radius 2 is 1.14 bits per heavy atom. The molecule has 0 amide bonds. The number of esters is 4. The Morgan fingerprint density at radius 1 is 0.750 bits per heavy atom. The molecule has 4 aliphatic carbocycles. The van der Waals surface area contributed by atoms with Gasteiger partial charge in [-0.3, -0.25) is 9.59 Å². The molecule has 0 aromatic carbocycles. The molecule has 4 rings (SSSR count). The SMILES string of the molecule is CC=CC(=O)OCC(C)CC(=O)OC12CC3CC(C1)CC(OC(=O)CC(C)COC(=O)C=CC)(C3)C2. The third kappa shape index (κ3) is 7.68. The standard InChI is InChI=1S/C28H40O8/c1-5-7-23(29)33-16-19(3)9-25(31)35-27-12-21-11-22(13-27)15-28(14-21,18-27)36-26(32)10-20(4)17-34-24(30)8-6-2/h5-8,19-22H,9-18H2,1-4H3. The van der Waals surface area contributed by atoms with Crippen molar-refractivity contribution in [3.63, 3.8) is 0 Å². The van der Waals surface area contributed by atoms with E-state index < -0.39 is 23.1 Å². The molecule has 4 bridgehead atoms. The highest BCUT2D eigenvalue weighted by Crippen LogP contribution is 2.60. The number of carbonyl (C=O) groups excluding carboxylic acids is 4. The van der Waals surface area contributed by atoms with Crippen LogP contribution < -0.4 is 0 Å². The van der Waals surface area contributed by atoms with E-state index in [1.165, 1.54) is 12.2 Å². The van der Waals surface area contributed by atoms with Crippen LogP contribution in [-0.2, 0) is 38.1 Å². The van der Waals surface area contributed by atoms with Gasteiger partial charge in [0.1, 0.15) is 11.2 Å². The van der Waals surface area contributed by atoms with E-state index in [0.29, 0.717) is 18.3 Å². The van der Waals surface area contributed by atoms with E-state index in [1.54, 1.807) is 26.0 Å². The maximum absolute atomic E-state index is 12.8. The minimum absolute atomic E-state index is 0.153. The molecule has 0 aliphatic heterocycles. The first-order valence-corrected chi connectivity index (χ1v) is 13.1. The Morgan fingerprint density at radius 3 is 1.50 bits per heavy atom. The van der Waals surface area contributed by atoms with Crippen molar-refractivity contribution in [1.29, 1.82) is 0 Å². The lowest BCUT2D eigenvalue weighted by molar-refractivity contribution is -0.232. The molecule has 4 fully saturated rings. The van der Waals surface area contributed by atoms with Gasteiger partial charge in [0.15, 0.2) is 0 Å². The molecule has 0 N–H and O–H groups in total. The summed E-state index contributed by atoms with van der Waals surface area (Å²) in [6, 6.07) is 0. The lowest BCUT2D eigenvalue weighted by atomic mass is 9.52. The molecule has 0 aromatic rings. The van der Waals surface area contributed by atoms with Crippen molar-refractivity contribution in [2.45, 2.75) is 90.3 Å². The Hall–Kier alpha value is -2.64. The normalized spacial score (nSPS) is 30.2. The summed E-state index contributed by atoms with van der Waals surface area (Å²) in [6.07, 6.45) is 11.0. The summed E-state index contributed by atoms with van der Waals surface area (Å²) < 4.78 is 22.5. The molecule has 2 atom stereocenters. The summed E-state index contributed by atoms with van der Waals surface area (Å²) in [5, 5.41) is 0. The van der Waals surface area contributed by atoms with E-state index in [-0.39, 0.29) is 49.8 Å². The third-order valence-electron chi connectivity index (χ3n) is 7.27. The maximum Gasteiger partial charge on any atom is 0.330 e. The fourth-order valence-electron chi connectivity index (χ4n) is 6.41. The molecule has 0 saturated heterocycles. The lowest BCUT2D eigenvalue weighted by Crippen LogP contribution is -2.61. The van der Waals surface area contributed by atoms with Gasteiger partial charge in [-0.2, -0.15) is 0 Å². The second-order valence-corrected chi connectivity index (χ2v) is 11.2. The fourth-order valence-corrected chi connectivity index (χ4v) is 6.41. The Kier molecular flexibility index (Phi) is 9.36. The minimum Gasteiger partial charge on any atom is -0.462 e. The van der Waals surface area contributed by atoms with E-state index in [9.17, 15) is 19.2 Å². The predicted octanol–water partition coefficient (Wildman–Crippen LogP) is 4.46. The highest BCUT2D eigenvalue weighted by atomic mass is 16.6. The van der Waals surface area contributed by atoms with Gasteiger partial charge in [0.25, 0.3) is 0 Å². The first kappa shape index (κ1) is 27.9. The van der Waals surface area contributed by atoms with Crippen LogP contribution in [0.3, 0.4) is 0 Å². The molecular formula is C28H40O8. The highest BCUT2D eigenvalue weighted by molar-refractivity contribution is 5.82. The zero-order chi connectivity index (χ0) is 26.3. The predicted molar refractivity (Wildman–Crippen MR) is 131 cm³/mol. The van der Waals surface area contributed by atoms with Crippen molar-refractivity contribution in [2.75, 3.05) is 13.2 Å². The van der Waals surface area contributed by atoms with E-state index in [4.69, 9.17) is 18.9 Å². The summed E-state index contributed by atoms with van der Waals surface area (Å²) in [5.74, 6) is -1.03. The second kappa shape index (κ2) is 12.1. The summed E-state index contributed by atoms with van der Waals surface area (Å²) in [6.45, 7) is 7.48. The lowest BCUT2D eigenvalue weighted by Gasteiger charge is -2.60. The van der Waals surface area contributed by atoms with Crippen LogP contribution in [0.15, 0.2) is 24.3 Å². The summed E-state index contributed by atoms with van der Waals surface area (Å²) in [7, 11) is 0. The summed E-state index contributed by atoms with van der Waals surface area (Å²) in [5.41, 5.74) is -1.20. The highest BCUT2D eigenvalue weighted by Gasteiger charge is 2.61. The van der Waals surface area contributed by atoms with Gasteiger partial charge in [-0.1, -0.05) is 26.0 Å². The van der Waals surface area contributed by atoms with Crippen LogP contribution in [0.25, 0.3) is 0 Å². The largest absolute Gasteiger partial charge is 0.462 e. The van der Waals surface area contributed by atoms with Crippen LogP contribution in [0.5, 0.6) is 0 Å². The summed E-state index contributed by atoms with van der Waals surface area (Å²) in [4.78, 5) is 48.7. The van der Waals surface area contributed by atoms with Crippen LogP contribution in [-0.4, -0.2) is 48.3 Å². The first-order valence-electron chi connectivity index (χ1n) is 13.1. The molecule has 0 spiro atoms. The third-order valence-corrected chi connectivity index (χ3v) is 7.27. The molecule has 36 heavy (non-hydrogen) atoms. The van der Waals surface area contributed by atoms with E-state index in [0.717, 1.165) is 32.1 Å². The van der Waals surface area contributed by atoms with Crippen molar-refractivity contribution in [3.05, 3.63) is 24.3 Å². The van der Waals surface area contributed by atoms with Crippen molar-refractivity contribution >= 4 is 23.9 Å². The quantitative estimate of drug-likeness (QED) is 0.218. The number of rotatable bonds is 12. The van der Waals surface area contributed by atoms with Gasteiger partial charge >= 0.3 is 23.9 Å². The zero-order valence-corrected chi connectivity index (χ0v) is 22.0. The topological polar surface area (TPSA) is 105 Å². The number of carbonyl (C=O) groups is 4. The van der Waals surface area contributed by atoms with Crippen LogP contribution in [0, 0.1) is 23.7 Å². The fraction of sp³-hybridized carbons (Fsp3) is 0.714. The van der Waals surface area contributed by atoms with Crippen molar-refractivity contribution in [3.8, 4) is 0 Å². The van der Waals surface area contributed by atoms with Crippen molar-refractivity contribution < 1.29 is 38.1 Å². The van der Waals surface area contributed by atoms with Crippen LogP contribution in [0.2, 0.25) is 0 Å². The van der Waals surface area contributed by atoms with E-state index >= 15 is 0 Å². The molecule has 4 aliphatic rings. The second-order valence-electron chi connectivity index (χ2n) is 11.2. The Bertz CT molecular complexity index is 806. The smallest absolute Gasteiger partial charge is 0.330 e. The van der Waals surface area contributed by atoms with Crippen molar-refractivity contribution in [1.82, 2.24) is 0 Å². The van der Waals surface area contributed by atoms with Gasteiger partial charge < -0.3 is 18.9 Å². The molecule has 2 unspecified atom stereocenters. The average Bonchev–Trinajstić information content (AvgIpc) is 2.74. The zero-order valence-electron chi connectivity index (χ0n) is 22.0.